The molecule has 0 aliphatic rings. The number of hydrogen-bond donors (Lipinski definition) is 2. The fourth-order valence-corrected chi connectivity index (χ4v) is 2.89. The van der Waals surface area contributed by atoms with Crippen LogP contribution in [0.15, 0.2) is 54.6 Å². The molecule has 0 radical (unpaired) electrons. The van der Waals surface area contributed by atoms with E-state index >= 15 is 0 Å². The number of ether oxygens (including phenoxy) is 1. The SMILES string of the molecule is NCCCS(=O)(=O)Nc1cccc(Oc2ccccc2)c1. The third kappa shape index (κ3) is 5.09. The lowest BCUT2D eigenvalue weighted by atomic mass is 10.3. The summed E-state index contributed by atoms with van der Waals surface area (Å²) in [4.78, 5) is 0. The first-order valence-corrected chi connectivity index (χ1v) is 8.28. The van der Waals surface area contributed by atoms with Crippen LogP contribution in [0.3, 0.4) is 0 Å². The molecule has 0 unspecified atom stereocenters. The molecule has 0 spiro atoms. The summed E-state index contributed by atoms with van der Waals surface area (Å²) >= 11 is 0. The van der Waals surface area contributed by atoms with Gasteiger partial charge in [-0.05, 0) is 37.2 Å². The highest BCUT2D eigenvalue weighted by molar-refractivity contribution is 7.92. The van der Waals surface area contributed by atoms with Crippen LogP contribution in [-0.4, -0.2) is 20.7 Å². The van der Waals surface area contributed by atoms with E-state index in [4.69, 9.17) is 10.5 Å². The van der Waals surface area contributed by atoms with Gasteiger partial charge in [0.2, 0.25) is 10.0 Å². The van der Waals surface area contributed by atoms with Gasteiger partial charge in [0.1, 0.15) is 11.5 Å². The number of rotatable bonds is 7. The van der Waals surface area contributed by atoms with E-state index in [-0.39, 0.29) is 5.75 Å². The summed E-state index contributed by atoms with van der Waals surface area (Å²) in [6, 6.07) is 16.1. The molecular weight excluding hydrogens is 288 g/mol. The Balaban J connectivity index is 2.07. The Kier molecular flexibility index (Phi) is 5.19. The van der Waals surface area contributed by atoms with Gasteiger partial charge in [-0.25, -0.2) is 8.42 Å². The van der Waals surface area contributed by atoms with Crippen LogP contribution in [-0.2, 0) is 10.0 Å². The number of hydrogen-bond acceptors (Lipinski definition) is 4. The molecule has 21 heavy (non-hydrogen) atoms. The molecule has 0 saturated heterocycles. The lowest BCUT2D eigenvalue weighted by Crippen LogP contribution is -2.18. The van der Waals surface area contributed by atoms with Crippen molar-refractivity contribution < 1.29 is 13.2 Å². The zero-order valence-corrected chi connectivity index (χ0v) is 12.3. The molecule has 6 heteroatoms. The Hall–Kier alpha value is -2.05. The Morgan fingerprint density at radius 2 is 1.71 bits per heavy atom. The molecule has 0 aliphatic heterocycles. The van der Waals surface area contributed by atoms with Crippen molar-refractivity contribution in [1.29, 1.82) is 0 Å². The highest BCUT2D eigenvalue weighted by Gasteiger charge is 2.10. The number of nitrogens with one attached hydrogen (secondary N) is 1. The second-order valence-corrected chi connectivity index (χ2v) is 6.35. The molecule has 2 rings (SSSR count). The van der Waals surface area contributed by atoms with E-state index in [1.807, 2.05) is 30.3 Å². The number of para-hydroxylation sites is 1. The van der Waals surface area contributed by atoms with Crippen molar-refractivity contribution in [2.45, 2.75) is 6.42 Å². The molecule has 112 valence electrons. The van der Waals surface area contributed by atoms with Crippen molar-refractivity contribution in [2.24, 2.45) is 5.73 Å². The number of benzene rings is 2. The first-order valence-electron chi connectivity index (χ1n) is 6.62. The summed E-state index contributed by atoms with van der Waals surface area (Å²) < 4.78 is 31.8. The second-order valence-electron chi connectivity index (χ2n) is 4.51. The first kappa shape index (κ1) is 15.3. The summed E-state index contributed by atoms with van der Waals surface area (Å²) in [5, 5.41) is 0. The Morgan fingerprint density at radius 1 is 1.00 bits per heavy atom. The first-order chi connectivity index (χ1) is 10.1. The highest BCUT2D eigenvalue weighted by atomic mass is 32.2. The Morgan fingerprint density at radius 3 is 2.43 bits per heavy atom. The van der Waals surface area contributed by atoms with Crippen molar-refractivity contribution in [1.82, 2.24) is 0 Å². The van der Waals surface area contributed by atoms with Gasteiger partial charge in [0.05, 0.1) is 11.4 Å². The molecule has 0 heterocycles. The number of nitrogens with two attached hydrogens (primary N) is 1. The third-order valence-corrected chi connectivity index (χ3v) is 4.08. The van der Waals surface area contributed by atoms with Crippen molar-refractivity contribution in [3.63, 3.8) is 0 Å². The van der Waals surface area contributed by atoms with Crippen molar-refractivity contribution in [3.8, 4) is 11.5 Å². The molecule has 0 amide bonds. The molecular formula is C15H18N2O3S. The van der Waals surface area contributed by atoms with Crippen molar-refractivity contribution >= 4 is 15.7 Å². The average Bonchev–Trinajstić information content (AvgIpc) is 2.46. The lowest BCUT2D eigenvalue weighted by molar-refractivity contribution is 0.483. The fraction of sp³-hybridized carbons (Fsp3) is 0.200. The average molecular weight is 306 g/mol. The van der Waals surface area contributed by atoms with Gasteiger partial charge in [0.25, 0.3) is 0 Å². The quantitative estimate of drug-likeness (QED) is 0.823. The monoisotopic (exact) mass is 306 g/mol. The molecule has 5 nitrogen and oxygen atoms in total. The van der Waals surface area contributed by atoms with Gasteiger partial charge in [-0.1, -0.05) is 24.3 Å². The van der Waals surface area contributed by atoms with Crippen molar-refractivity contribution in [2.75, 3.05) is 17.0 Å². The Labute approximate surface area is 124 Å². The summed E-state index contributed by atoms with van der Waals surface area (Å²) in [6.45, 7) is 0.345. The maximum absolute atomic E-state index is 11.8. The van der Waals surface area contributed by atoms with E-state index in [1.54, 1.807) is 24.3 Å². The minimum atomic E-state index is -3.37. The van der Waals surface area contributed by atoms with E-state index in [1.165, 1.54) is 0 Å². The van der Waals surface area contributed by atoms with Crippen LogP contribution in [0.5, 0.6) is 11.5 Å². The van der Waals surface area contributed by atoms with Gasteiger partial charge in [-0.3, -0.25) is 4.72 Å². The van der Waals surface area contributed by atoms with Crippen LogP contribution in [0.1, 0.15) is 6.42 Å². The predicted octanol–water partition coefficient (Wildman–Crippen LogP) is 2.57. The Bertz CT molecular complexity index is 672. The van der Waals surface area contributed by atoms with Crippen LogP contribution in [0.4, 0.5) is 5.69 Å². The predicted molar refractivity (Wildman–Crippen MR) is 84.0 cm³/mol. The van der Waals surface area contributed by atoms with Crippen LogP contribution in [0.25, 0.3) is 0 Å². The number of sulfonamides is 1. The maximum atomic E-state index is 11.8. The smallest absolute Gasteiger partial charge is 0.232 e. The van der Waals surface area contributed by atoms with Crippen LogP contribution in [0.2, 0.25) is 0 Å². The lowest BCUT2D eigenvalue weighted by Gasteiger charge is -2.10. The van der Waals surface area contributed by atoms with E-state index in [0.29, 0.717) is 30.2 Å². The van der Waals surface area contributed by atoms with Crippen LogP contribution < -0.4 is 15.2 Å². The summed E-state index contributed by atoms with van der Waals surface area (Å²) in [5.41, 5.74) is 5.80. The van der Waals surface area contributed by atoms with Gasteiger partial charge in [-0.15, -0.1) is 0 Å². The van der Waals surface area contributed by atoms with Gasteiger partial charge >= 0.3 is 0 Å². The van der Waals surface area contributed by atoms with E-state index in [2.05, 4.69) is 4.72 Å². The fourth-order valence-electron chi connectivity index (χ4n) is 1.75. The second kappa shape index (κ2) is 7.10. The molecule has 0 aliphatic carbocycles. The highest BCUT2D eigenvalue weighted by Crippen LogP contribution is 2.24. The normalized spacial score (nSPS) is 11.1. The minimum Gasteiger partial charge on any atom is -0.457 e. The van der Waals surface area contributed by atoms with E-state index in [0.717, 1.165) is 0 Å². The van der Waals surface area contributed by atoms with Crippen LogP contribution >= 0.6 is 0 Å². The molecule has 0 aromatic heterocycles. The molecule has 3 N–H and O–H groups in total. The van der Waals surface area contributed by atoms with Gasteiger partial charge in [0, 0.05) is 6.07 Å². The third-order valence-electron chi connectivity index (χ3n) is 2.70. The molecule has 2 aromatic rings. The van der Waals surface area contributed by atoms with Gasteiger partial charge in [0.15, 0.2) is 0 Å². The van der Waals surface area contributed by atoms with Crippen molar-refractivity contribution in [3.05, 3.63) is 54.6 Å². The summed E-state index contributed by atoms with van der Waals surface area (Å²) in [6.07, 6.45) is 0.426. The minimum absolute atomic E-state index is 0.00721. The molecule has 0 atom stereocenters. The molecule has 0 bridgehead atoms. The van der Waals surface area contributed by atoms with E-state index < -0.39 is 10.0 Å². The van der Waals surface area contributed by atoms with E-state index in [9.17, 15) is 8.42 Å². The number of anilines is 1. The zero-order chi connectivity index (χ0) is 15.1. The standard InChI is InChI=1S/C15H18N2O3S/c16-10-5-11-21(18,19)17-13-6-4-9-15(12-13)20-14-7-2-1-3-8-14/h1-4,6-9,12,17H,5,10-11,16H2. The maximum Gasteiger partial charge on any atom is 0.232 e. The topological polar surface area (TPSA) is 81.4 Å². The summed E-state index contributed by atoms with van der Waals surface area (Å²) in [7, 11) is -3.37. The molecule has 2 aromatic carbocycles. The summed E-state index contributed by atoms with van der Waals surface area (Å²) in [5.74, 6) is 1.27. The van der Waals surface area contributed by atoms with Gasteiger partial charge < -0.3 is 10.5 Å². The zero-order valence-electron chi connectivity index (χ0n) is 11.5. The van der Waals surface area contributed by atoms with Gasteiger partial charge in [-0.2, -0.15) is 0 Å². The largest absolute Gasteiger partial charge is 0.457 e. The molecule has 0 fully saturated rings. The molecule has 0 saturated carbocycles. The van der Waals surface area contributed by atoms with Crippen LogP contribution in [0, 0.1) is 0 Å².